The Kier molecular flexibility index (Phi) is 4.77. The van der Waals surface area contributed by atoms with Crippen molar-refractivity contribution in [3.63, 3.8) is 0 Å². The highest BCUT2D eigenvalue weighted by Gasteiger charge is 2.14. The number of hydrogen-bond donors (Lipinski definition) is 1. The first-order valence-electron chi connectivity index (χ1n) is 6.70. The van der Waals surface area contributed by atoms with E-state index in [9.17, 15) is 4.79 Å². The number of rotatable bonds is 5. The average molecular weight is 269 g/mol. The Morgan fingerprint density at radius 2 is 1.90 bits per heavy atom. The lowest BCUT2D eigenvalue weighted by atomic mass is 10.2. The van der Waals surface area contributed by atoms with Crippen LogP contribution in [0.1, 0.15) is 18.1 Å². The van der Waals surface area contributed by atoms with Crippen molar-refractivity contribution in [1.29, 1.82) is 0 Å². The van der Waals surface area contributed by atoms with Crippen molar-refractivity contribution in [3.05, 3.63) is 65.7 Å². The molecule has 20 heavy (non-hydrogen) atoms. The van der Waals surface area contributed by atoms with Crippen LogP contribution in [0, 0.1) is 6.92 Å². The summed E-state index contributed by atoms with van der Waals surface area (Å²) in [5.74, 6) is 0.600. The van der Waals surface area contributed by atoms with E-state index in [1.807, 2.05) is 61.5 Å². The fourth-order valence-corrected chi connectivity index (χ4v) is 1.88. The van der Waals surface area contributed by atoms with Crippen molar-refractivity contribution in [2.45, 2.75) is 26.5 Å². The van der Waals surface area contributed by atoms with Crippen LogP contribution in [0.3, 0.4) is 0 Å². The zero-order valence-electron chi connectivity index (χ0n) is 11.8. The highest BCUT2D eigenvalue weighted by Crippen LogP contribution is 2.14. The molecule has 1 amide bonds. The van der Waals surface area contributed by atoms with E-state index in [0.29, 0.717) is 12.3 Å². The lowest BCUT2D eigenvalue weighted by molar-refractivity contribution is -0.127. The lowest BCUT2D eigenvalue weighted by Gasteiger charge is -2.15. The summed E-state index contributed by atoms with van der Waals surface area (Å²) in [6.45, 7) is 4.26. The molecule has 0 saturated carbocycles. The topological polar surface area (TPSA) is 38.3 Å². The first kappa shape index (κ1) is 14.1. The normalized spacial score (nSPS) is 11.7. The van der Waals surface area contributed by atoms with Crippen LogP contribution in [-0.2, 0) is 11.3 Å². The van der Waals surface area contributed by atoms with Gasteiger partial charge in [0.25, 0.3) is 5.91 Å². The summed E-state index contributed by atoms with van der Waals surface area (Å²) in [6.07, 6.45) is -0.513. The minimum Gasteiger partial charge on any atom is -0.481 e. The van der Waals surface area contributed by atoms with Gasteiger partial charge in [-0.05, 0) is 37.1 Å². The third-order valence-corrected chi connectivity index (χ3v) is 2.98. The van der Waals surface area contributed by atoms with Crippen LogP contribution in [0.5, 0.6) is 5.75 Å². The number of carbonyl (C=O) groups is 1. The number of carbonyl (C=O) groups excluding carboxylic acids is 1. The van der Waals surface area contributed by atoms with Crippen molar-refractivity contribution < 1.29 is 9.53 Å². The van der Waals surface area contributed by atoms with Crippen LogP contribution in [0.25, 0.3) is 0 Å². The van der Waals surface area contributed by atoms with Crippen LogP contribution in [0.2, 0.25) is 0 Å². The van der Waals surface area contributed by atoms with Gasteiger partial charge in [0, 0.05) is 6.54 Å². The van der Waals surface area contributed by atoms with E-state index in [4.69, 9.17) is 4.74 Å². The standard InChI is InChI=1S/C17H19NO2/c1-13-7-6-10-16(11-13)20-14(2)17(19)18-12-15-8-4-3-5-9-15/h3-11,14H,12H2,1-2H3,(H,18,19). The predicted octanol–water partition coefficient (Wildman–Crippen LogP) is 3.08. The summed E-state index contributed by atoms with van der Waals surface area (Å²) < 4.78 is 5.63. The Morgan fingerprint density at radius 3 is 2.60 bits per heavy atom. The summed E-state index contributed by atoms with van der Waals surface area (Å²) in [7, 11) is 0. The van der Waals surface area contributed by atoms with Gasteiger partial charge < -0.3 is 10.1 Å². The smallest absolute Gasteiger partial charge is 0.261 e. The molecule has 1 unspecified atom stereocenters. The van der Waals surface area contributed by atoms with Gasteiger partial charge >= 0.3 is 0 Å². The molecule has 0 aromatic heterocycles. The summed E-state index contributed by atoms with van der Waals surface area (Å²) in [4.78, 5) is 12.0. The number of ether oxygens (including phenoxy) is 1. The van der Waals surface area contributed by atoms with E-state index >= 15 is 0 Å². The fraction of sp³-hybridized carbons (Fsp3) is 0.235. The van der Waals surface area contributed by atoms with E-state index in [-0.39, 0.29) is 5.91 Å². The largest absolute Gasteiger partial charge is 0.481 e. The zero-order chi connectivity index (χ0) is 14.4. The molecule has 1 N–H and O–H groups in total. The second-order valence-corrected chi connectivity index (χ2v) is 4.78. The van der Waals surface area contributed by atoms with Gasteiger partial charge in [-0.3, -0.25) is 4.79 Å². The number of aryl methyl sites for hydroxylation is 1. The summed E-state index contributed by atoms with van der Waals surface area (Å²) in [5.41, 5.74) is 2.18. The van der Waals surface area contributed by atoms with Gasteiger partial charge in [-0.1, -0.05) is 42.5 Å². The Balaban J connectivity index is 1.86. The predicted molar refractivity (Wildman–Crippen MR) is 79.6 cm³/mol. The first-order chi connectivity index (χ1) is 9.65. The number of benzene rings is 2. The molecule has 0 aliphatic rings. The molecule has 2 rings (SSSR count). The SMILES string of the molecule is Cc1cccc(OC(C)C(=O)NCc2ccccc2)c1. The second kappa shape index (κ2) is 6.75. The van der Waals surface area contributed by atoms with Gasteiger partial charge in [0.2, 0.25) is 0 Å². The van der Waals surface area contributed by atoms with Crippen molar-refractivity contribution >= 4 is 5.91 Å². The number of nitrogens with one attached hydrogen (secondary N) is 1. The molecule has 104 valence electrons. The zero-order valence-corrected chi connectivity index (χ0v) is 11.8. The molecule has 2 aromatic carbocycles. The fourth-order valence-electron chi connectivity index (χ4n) is 1.88. The van der Waals surface area contributed by atoms with Crippen LogP contribution in [0.15, 0.2) is 54.6 Å². The summed E-state index contributed by atoms with van der Waals surface area (Å²) in [5, 5.41) is 2.87. The minimum atomic E-state index is -0.513. The molecular weight excluding hydrogens is 250 g/mol. The van der Waals surface area contributed by atoms with E-state index in [1.165, 1.54) is 0 Å². The second-order valence-electron chi connectivity index (χ2n) is 4.78. The molecule has 1 atom stereocenters. The van der Waals surface area contributed by atoms with Gasteiger partial charge in [0.05, 0.1) is 0 Å². The minimum absolute atomic E-state index is 0.115. The highest BCUT2D eigenvalue weighted by atomic mass is 16.5. The third kappa shape index (κ3) is 4.12. The molecule has 3 nitrogen and oxygen atoms in total. The van der Waals surface area contributed by atoms with Crippen LogP contribution >= 0.6 is 0 Å². The highest BCUT2D eigenvalue weighted by molar-refractivity contribution is 5.80. The number of amides is 1. The van der Waals surface area contributed by atoms with Crippen LogP contribution < -0.4 is 10.1 Å². The van der Waals surface area contributed by atoms with E-state index in [0.717, 1.165) is 11.1 Å². The van der Waals surface area contributed by atoms with Gasteiger partial charge in [-0.15, -0.1) is 0 Å². The Hall–Kier alpha value is -2.29. The average Bonchev–Trinajstić information content (AvgIpc) is 2.46. The van der Waals surface area contributed by atoms with Crippen molar-refractivity contribution in [1.82, 2.24) is 5.32 Å². The maximum Gasteiger partial charge on any atom is 0.261 e. The Morgan fingerprint density at radius 1 is 1.15 bits per heavy atom. The lowest BCUT2D eigenvalue weighted by Crippen LogP contribution is -2.35. The summed E-state index contributed by atoms with van der Waals surface area (Å²) in [6, 6.07) is 17.5. The van der Waals surface area contributed by atoms with E-state index < -0.39 is 6.10 Å². The monoisotopic (exact) mass is 269 g/mol. The van der Waals surface area contributed by atoms with Crippen molar-refractivity contribution in [2.75, 3.05) is 0 Å². The quantitative estimate of drug-likeness (QED) is 0.906. The maximum atomic E-state index is 12.0. The molecule has 0 bridgehead atoms. The molecule has 3 heteroatoms. The molecule has 0 heterocycles. The molecule has 0 spiro atoms. The molecular formula is C17H19NO2. The molecule has 2 aromatic rings. The van der Waals surface area contributed by atoms with E-state index in [2.05, 4.69) is 5.32 Å². The Bertz CT molecular complexity index is 566. The molecule has 0 fully saturated rings. The van der Waals surface area contributed by atoms with Gasteiger partial charge in [0.1, 0.15) is 5.75 Å². The molecule has 0 radical (unpaired) electrons. The van der Waals surface area contributed by atoms with Crippen LogP contribution in [0.4, 0.5) is 0 Å². The molecule has 0 aliphatic carbocycles. The third-order valence-electron chi connectivity index (χ3n) is 2.98. The van der Waals surface area contributed by atoms with Gasteiger partial charge in [-0.2, -0.15) is 0 Å². The molecule has 0 saturated heterocycles. The van der Waals surface area contributed by atoms with Crippen molar-refractivity contribution in [3.8, 4) is 5.75 Å². The summed E-state index contributed by atoms with van der Waals surface area (Å²) >= 11 is 0. The molecule has 0 aliphatic heterocycles. The Labute approximate surface area is 119 Å². The van der Waals surface area contributed by atoms with E-state index in [1.54, 1.807) is 6.92 Å². The maximum absolute atomic E-state index is 12.0. The number of hydrogen-bond acceptors (Lipinski definition) is 2. The van der Waals surface area contributed by atoms with Gasteiger partial charge in [0.15, 0.2) is 6.10 Å². The van der Waals surface area contributed by atoms with Crippen LogP contribution in [-0.4, -0.2) is 12.0 Å². The van der Waals surface area contributed by atoms with Gasteiger partial charge in [-0.25, -0.2) is 0 Å². The van der Waals surface area contributed by atoms with Crippen molar-refractivity contribution in [2.24, 2.45) is 0 Å². The first-order valence-corrected chi connectivity index (χ1v) is 6.70.